The Bertz CT molecular complexity index is 355. The second kappa shape index (κ2) is 3.21. The summed E-state index contributed by atoms with van der Waals surface area (Å²) in [5.41, 5.74) is 0. The number of hydrogen-bond acceptors (Lipinski definition) is 4. The van der Waals surface area contributed by atoms with E-state index < -0.39 is 10.0 Å². The lowest BCUT2D eigenvalue weighted by molar-refractivity contribution is 0.580. The summed E-state index contributed by atoms with van der Waals surface area (Å²) < 4.78 is 23.7. The average molecular weight is 190 g/mol. The highest BCUT2D eigenvalue weighted by Gasteiger charge is 2.14. The van der Waals surface area contributed by atoms with Gasteiger partial charge in [0.05, 0.1) is 6.33 Å². The number of nitrogens with one attached hydrogen (secondary N) is 1. The van der Waals surface area contributed by atoms with Crippen molar-refractivity contribution in [2.45, 2.75) is 18.5 Å². The van der Waals surface area contributed by atoms with Crippen LogP contribution < -0.4 is 10.7 Å². The Balaban J connectivity index is 3.05. The highest BCUT2D eigenvalue weighted by Crippen LogP contribution is 2.02. The minimum atomic E-state index is -3.59. The highest BCUT2D eigenvalue weighted by molar-refractivity contribution is 7.89. The first-order valence-corrected chi connectivity index (χ1v) is 4.82. The first-order chi connectivity index (χ1) is 5.60. The van der Waals surface area contributed by atoms with Crippen molar-refractivity contribution in [1.29, 1.82) is 0 Å². The van der Waals surface area contributed by atoms with Crippen LogP contribution in [0.2, 0.25) is 0 Å². The van der Waals surface area contributed by atoms with Crippen LogP contribution in [0.25, 0.3) is 0 Å². The van der Waals surface area contributed by atoms with E-state index in [1.54, 1.807) is 9.40 Å². The summed E-state index contributed by atoms with van der Waals surface area (Å²) in [6, 6.07) is 0. The van der Waals surface area contributed by atoms with Crippen LogP contribution in [-0.4, -0.2) is 18.0 Å². The van der Waals surface area contributed by atoms with Gasteiger partial charge in [0.1, 0.15) is 0 Å². The fourth-order valence-electron chi connectivity index (χ4n) is 0.712. The Morgan fingerprint density at radius 2 is 2.42 bits per heavy atom. The molecule has 0 amide bonds. The molecule has 6 nitrogen and oxygen atoms in total. The van der Waals surface area contributed by atoms with E-state index in [4.69, 9.17) is 5.84 Å². The summed E-state index contributed by atoms with van der Waals surface area (Å²) in [6.45, 7) is 2.56. The third-order valence-corrected chi connectivity index (χ3v) is 2.48. The topological polar surface area (TPSA) is 90.0 Å². The molecule has 0 fully saturated rings. The summed E-state index contributed by atoms with van der Waals surface area (Å²) in [5.74, 6) is 4.80. The van der Waals surface area contributed by atoms with Gasteiger partial charge in [0.2, 0.25) is 0 Å². The van der Waals surface area contributed by atoms with E-state index in [0.717, 1.165) is 0 Å². The third-order valence-electron chi connectivity index (χ3n) is 1.41. The number of imidazole rings is 1. The standard InChI is InChI=1S/C5H10N4O2S/c1-2-9-3-5(7-4-9)12(10,11)8-6/h3-4,8H,2,6H2,1H3. The van der Waals surface area contributed by atoms with Crippen LogP contribution in [0, 0.1) is 0 Å². The SMILES string of the molecule is CCn1cnc(S(=O)(=O)NN)c1. The molecule has 3 N–H and O–H groups in total. The molecule has 0 aromatic carbocycles. The molecule has 1 aromatic rings. The lowest BCUT2D eigenvalue weighted by Gasteiger charge is -1.95. The maximum Gasteiger partial charge on any atom is 0.272 e. The maximum atomic E-state index is 11.0. The number of hydrazine groups is 1. The second-order valence-corrected chi connectivity index (χ2v) is 3.82. The van der Waals surface area contributed by atoms with Crippen LogP contribution in [0.5, 0.6) is 0 Å². The molecular weight excluding hydrogens is 180 g/mol. The van der Waals surface area contributed by atoms with Crippen molar-refractivity contribution in [1.82, 2.24) is 14.4 Å². The van der Waals surface area contributed by atoms with Crippen LogP contribution in [0.1, 0.15) is 6.92 Å². The number of hydrogen-bond donors (Lipinski definition) is 2. The average Bonchev–Trinajstić information content (AvgIpc) is 2.52. The Hall–Kier alpha value is -0.920. The van der Waals surface area contributed by atoms with Crippen molar-refractivity contribution in [3.8, 4) is 0 Å². The first kappa shape index (κ1) is 9.17. The van der Waals surface area contributed by atoms with Crippen molar-refractivity contribution in [3.63, 3.8) is 0 Å². The first-order valence-electron chi connectivity index (χ1n) is 3.34. The highest BCUT2D eigenvalue weighted by atomic mass is 32.2. The van der Waals surface area contributed by atoms with E-state index in [2.05, 4.69) is 4.98 Å². The zero-order valence-electron chi connectivity index (χ0n) is 6.56. The fraction of sp³-hybridized carbons (Fsp3) is 0.400. The van der Waals surface area contributed by atoms with Gasteiger partial charge in [-0.05, 0) is 6.92 Å². The summed E-state index contributed by atoms with van der Waals surface area (Å²) in [6.07, 6.45) is 2.85. The van der Waals surface area contributed by atoms with Gasteiger partial charge < -0.3 is 4.57 Å². The predicted octanol–water partition coefficient (Wildman–Crippen LogP) is -0.945. The Labute approximate surface area is 70.4 Å². The van der Waals surface area contributed by atoms with Gasteiger partial charge in [0.15, 0.2) is 5.03 Å². The van der Waals surface area contributed by atoms with Crippen molar-refractivity contribution >= 4 is 10.0 Å². The second-order valence-electron chi connectivity index (χ2n) is 2.16. The molecule has 0 aliphatic rings. The molecule has 1 heterocycles. The lowest BCUT2D eigenvalue weighted by Crippen LogP contribution is -2.30. The molecule has 1 rings (SSSR count). The molecule has 12 heavy (non-hydrogen) atoms. The molecule has 68 valence electrons. The minimum Gasteiger partial charge on any atom is -0.336 e. The summed E-state index contributed by atoms with van der Waals surface area (Å²) in [7, 11) is -3.59. The largest absolute Gasteiger partial charge is 0.336 e. The predicted molar refractivity (Wildman–Crippen MR) is 42.4 cm³/mol. The van der Waals surface area contributed by atoms with Gasteiger partial charge in [0, 0.05) is 12.7 Å². The van der Waals surface area contributed by atoms with Crippen LogP contribution in [0.15, 0.2) is 17.6 Å². The fourth-order valence-corrected chi connectivity index (χ4v) is 1.29. The molecule has 0 radical (unpaired) electrons. The van der Waals surface area contributed by atoms with E-state index in [9.17, 15) is 8.42 Å². The molecule has 0 spiro atoms. The van der Waals surface area contributed by atoms with E-state index in [-0.39, 0.29) is 5.03 Å². The van der Waals surface area contributed by atoms with Crippen LogP contribution in [0.3, 0.4) is 0 Å². The molecule has 7 heteroatoms. The van der Waals surface area contributed by atoms with Gasteiger partial charge >= 0.3 is 0 Å². The van der Waals surface area contributed by atoms with E-state index in [0.29, 0.717) is 6.54 Å². The smallest absolute Gasteiger partial charge is 0.272 e. The summed E-state index contributed by atoms with van der Waals surface area (Å²) in [5, 5.41) is -0.0631. The molecule has 0 aliphatic heterocycles. The molecule has 0 saturated heterocycles. The number of nitrogens with zero attached hydrogens (tertiary/aromatic N) is 2. The number of sulfonamides is 1. The van der Waals surface area contributed by atoms with Crippen molar-refractivity contribution in [2.75, 3.05) is 0 Å². The molecule has 0 unspecified atom stereocenters. The Kier molecular flexibility index (Phi) is 2.46. The monoisotopic (exact) mass is 190 g/mol. The zero-order valence-corrected chi connectivity index (χ0v) is 7.37. The number of rotatable bonds is 3. The van der Waals surface area contributed by atoms with Crippen molar-refractivity contribution in [2.24, 2.45) is 5.84 Å². The van der Waals surface area contributed by atoms with Crippen molar-refractivity contribution < 1.29 is 8.42 Å². The van der Waals surface area contributed by atoms with E-state index in [1.807, 2.05) is 6.92 Å². The summed E-state index contributed by atoms with van der Waals surface area (Å²) in [4.78, 5) is 5.35. The van der Waals surface area contributed by atoms with Gasteiger partial charge in [0.25, 0.3) is 10.0 Å². The number of aromatic nitrogens is 2. The van der Waals surface area contributed by atoms with Crippen LogP contribution in [-0.2, 0) is 16.6 Å². The molecule has 1 aromatic heterocycles. The van der Waals surface area contributed by atoms with Crippen LogP contribution in [0.4, 0.5) is 0 Å². The van der Waals surface area contributed by atoms with Crippen LogP contribution >= 0.6 is 0 Å². The van der Waals surface area contributed by atoms with Gasteiger partial charge in [-0.2, -0.15) is 0 Å². The van der Waals surface area contributed by atoms with Gasteiger partial charge in [-0.3, -0.25) is 5.84 Å². The molecular formula is C5H10N4O2S. The van der Waals surface area contributed by atoms with Gasteiger partial charge in [-0.25, -0.2) is 13.4 Å². The number of aryl methyl sites for hydroxylation is 1. The third kappa shape index (κ3) is 1.63. The minimum absolute atomic E-state index is 0.0631. The normalized spacial score (nSPS) is 11.8. The molecule has 0 aliphatic carbocycles. The number of nitrogens with two attached hydrogens (primary N) is 1. The van der Waals surface area contributed by atoms with Gasteiger partial charge in [-0.1, -0.05) is 0 Å². The Morgan fingerprint density at radius 1 is 1.75 bits per heavy atom. The lowest BCUT2D eigenvalue weighted by atomic mass is 10.7. The van der Waals surface area contributed by atoms with Gasteiger partial charge in [-0.15, -0.1) is 4.83 Å². The summed E-state index contributed by atoms with van der Waals surface area (Å²) >= 11 is 0. The molecule has 0 atom stereocenters. The molecule has 0 bridgehead atoms. The van der Waals surface area contributed by atoms with Crippen molar-refractivity contribution in [3.05, 3.63) is 12.5 Å². The van der Waals surface area contributed by atoms with E-state index >= 15 is 0 Å². The zero-order chi connectivity index (χ0) is 9.19. The quantitative estimate of drug-likeness (QED) is 0.475. The Morgan fingerprint density at radius 3 is 2.83 bits per heavy atom. The maximum absolute atomic E-state index is 11.0. The molecule has 0 saturated carbocycles. The van der Waals surface area contributed by atoms with E-state index in [1.165, 1.54) is 12.5 Å².